The summed E-state index contributed by atoms with van der Waals surface area (Å²) in [6, 6.07) is 6.80. The van der Waals surface area contributed by atoms with Crippen molar-refractivity contribution in [2.75, 3.05) is 12.0 Å². The number of alkyl halides is 6. The summed E-state index contributed by atoms with van der Waals surface area (Å²) in [4.78, 5) is 28.8. The predicted molar refractivity (Wildman–Crippen MR) is 129 cm³/mol. The molecule has 6 nitrogen and oxygen atoms in total. The standard InChI is InChI=1S/C27H28F6N2O4/c1-15(2)39-25(37)35-21-7-5-4-6-20(21)23(13-22(35)17-8-9-17)34(24(36)38-3)14-16-10-18(26(28,29)30)12-19(11-16)27(31,32)33/h4-7,10-12,15,17,22-23H,8-9,13-14H2,1-3H3/t22-,23-/m0/s1. The van der Waals surface area contributed by atoms with Crippen LogP contribution in [0, 0.1) is 5.92 Å². The van der Waals surface area contributed by atoms with E-state index in [0.29, 0.717) is 23.4 Å². The van der Waals surface area contributed by atoms with Crippen LogP contribution in [0.3, 0.4) is 0 Å². The van der Waals surface area contributed by atoms with E-state index < -0.39 is 60.4 Å². The van der Waals surface area contributed by atoms with Crippen LogP contribution in [0.5, 0.6) is 0 Å². The molecule has 2 aliphatic rings. The molecular formula is C27H28F6N2O4. The maximum atomic E-state index is 13.5. The second kappa shape index (κ2) is 10.6. The molecule has 0 spiro atoms. The molecule has 0 unspecified atom stereocenters. The summed E-state index contributed by atoms with van der Waals surface area (Å²) < 4.78 is 91.3. The molecule has 39 heavy (non-hydrogen) atoms. The van der Waals surface area contributed by atoms with E-state index in [0.717, 1.165) is 24.9 Å². The van der Waals surface area contributed by atoms with Crippen LogP contribution < -0.4 is 4.90 Å². The average Bonchev–Trinajstić information content (AvgIpc) is 3.70. The number of hydrogen-bond donors (Lipinski definition) is 0. The average molecular weight is 559 g/mol. The molecule has 0 radical (unpaired) electrons. The van der Waals surface area contributed by atoms with Crippen molar-refractivity contribution in [3.05, 3.63) is 64.7 Å². The lowest BCUT2D eigenvalue weighted by atomic mass is 9.87. The number of rotatable bonds is 5. The Labute approximate surface area is 221 Å². The topological polar surface area (TPSA) is 59.1 Å². The van der Waals surface area contributed by atoms with Gasteiger partial charge in [-0.05, 0) is 74.4 Å². The lowest BCUT2D eigenvalue weighted by Gasteiger charge is -2.44. The quantitative estimate of drug-likeness (QED) is 0.355. The highest BCUT2D eigenvalue weighted by Crippen LogP contribution is 2.49. The summed E-state index contributed by atoms with van der Waals surface area (Å²) in [6.45, 7) is 2.85. The third kappa shape index (κ3) is 6.25. The first-order valence-electron chi connectivity index (χ1n) is 12.4. The van der Waals surface area contributed by atoms with E-state index in [1.165, 1.54) is 0 Å². The Morgan fingerprint density at radius 1 is 1.00 bits per heavy atom. The van der Waals surface area contributed by atoms with Gasteiger partial charge in [0.2, 0.25) is 0 Å². The van der Waals surface area contributed by atoms with Crippen molar-refractivity contribution in [3.8, 4) is 0 Å². The van der Waals surface area contributed by atoms with Crippen molar-refractivity contribution in [1.82, 2.24) is 4.90 Å². The van der Waals surface area contributed by atoms with Crippen molar-refractivity contribution in [3.63, 3.8) is 0 Å². The van der Waals surface area contributed by atoms with E-state index in [9.17, 15) is 35.9 Å². The van der Waals surface area contributed by atoms with Crippen molar-refractivity contribution in [1.29, 1.82) is 0 Å². The molecule has 2 amide bonds. The number of anilines is 1. The SMILES string of the molecule is COC(=O)N(Cc1cc(C(F)(F)F)cc(C(F)(F)F)c1)[C@H]1C[C@@H](C2CC2)N(C(=O)OC(C)C)c2ccccc21. The molecule has 2 aromatic carbocycles. The third-order valence-electron chi connectivity index (χ3n) is 6.84. The summed E-state index contributed by atoms with van der Waals surface area (Å²) in [5.41, 5.74) is -2.34. The van der Waals surface area contributed by atoms with Gasteiger partial charge in [0.25, 0.3) is 0 Å². The summed E-state index contributed by atoms with van der Waals surface area (Å²) >= 11 is 0. The van der Waals surface area contributed by atoms with Crippen LogP contribution in [-0.2, 0) is 28.4 Å². The lowest BCUT2D eigenvalue weighted by molar-refractivity contribution is -0.143. The molecule has 1 heterocycles. The number of carbonyl (C=O) groups excluding carboxylic acids is 2. The van der Waals surface area contributed by atoms with E-state index in [-0.39, 0.29) is 24.0 Å². The molecule has 0 saturated heterocycles. The number of para-hydroxylation sites is 1. The van der Waals surface area contributed by atoms with E-state index in [1.807, 2.05) is 0 Å². The molecule has 2 aromatic rings. The van der Waals surface area contributed by atoms with Crippen LogP contribution in [0.2, 0.25) is 0 Å². The van der Waals surface area contributed by atoms with E-state index in [1.54, 1.807) is 43.0 Å². The molecule has 1 saturated carbocycles. The number of halogens is 6. The van der Waals surface area contributed by atoms with Gasteiger partial charge in [0.05, 0.1) is 36.1 Å². The smallest absolute Gasteiger partial charge is 0.416 e. The number of hydrogen-bond acceptors (Lipinski definition) is 4. The zero-order valence-electron chi connectivity index (χ0n) is 21.5. The number of ether oxygens (including phenoxy) is 2. The van der Waals surface area contributed by atoms with E-state index in [2.05, 4.69) is 0 Å². The van der Waals surface area contributed by atoms with Crippen molar-refractivity contribution < 1.29 is 45.4 Å². The Morgan fingerprint density at radius 2 is 1.59 bits per heavy atom. The van der Waals surface area contributed by atoms with Crippen LogP contribution in [0.4, 0.5) is 41.6 Å². The van der Waals surface area contributed by atoms with Crippen LogP contribution in [0.25, 0.3) is 0 Å². The van der Waals surface area contributed by atoms with Gasteiger partial charge in [-0.3, -0.25) is 9.80 Å². The van der Waals surface area contributed by atoms with Crippen molar-refractivity contribution in [2.24, 2.45) is 5.92 Å². The number of nitrogens with zero attached hydrogens (tertiary/aromatic N) is 2. The fourth-order valence-corrected chi connectivity index (χ4v) is 5.03. The summed E-state index contributed by atoms with van der Waals surface area (Å²) in [6.07, 6.45) is -10.1. The monoisotopic (exact) mass is 558 g/mol. The van der Waals surface area contributed by atoms with Crippen LogP contribution in [0.15, 0.2) is 42.5 Å². The summed E-state index contributed by atoms with van der Waals surface area (Å²) in [7, 11) is 1.09. The van der Waals surface area contributed by atoms with Gasteiger partial charge in [0, 0.05) is 12.6 Å². The van der Waals surface area contributed by atoms with Crippen LogP contribution in [-0.4, -0.2) is 36.3 Å². The van der Waals surface area contributed by atoms with Gasteiger partial charge in [0.1, 0.15) is 0 Å². The minimum Gasteiger partial charge on any atom is -0.453 e. The molecule has 2 atom stereocenters. The number of benzene rings is 2. The summed E-state index contributed by atoms with van der Waals surface area (Å²) in [5, 5.41) is 0. The predicted octanol–water partition coefficient (Wildman–Crippen LogP) is 7.57. The first-order valence-corrected chi connectivity index (χ1v) is 12.4. The van der Waals surface area contributed by atoms with Gasteiger partial charge in [-0.1, -0.05) is 18.2 Å². The first kappa shape index (κ1) is 28.6. The molecule has 1 fully saturated rings. The maximum Gasteiger partial charge on any atom is 0.416 e. The van der Waals surface area contributed by atoms with Crippen molar-refractivity contribution in [2.45, 2.75) is 70.2 Å². The first-order chi connectivity index (χ1) is 18.2. The van der Waals surface area contributed by atoms with Gasteiger partial charge in [-0.2, -0.15) is 26.3 Å². The van der Waals surface area contributed by atoms with E-state index >= 15 is 0 Å². The van der Waals surface area contributed by atoms with Gasteiger partial charge >= 0.3 is 24.5 Å². The number of amides is 2. The highest BCUT2D eigenvalue weighted by atomic mass is 19.4. The molecule has 1 aliphatic carbocycles. The molecule has 4 rings (SSSR count). The van der Waals surface area contributed by atoms with Gasteiger partial charge in [-0.25, -0.2) is 9.59 Å². The van der Waals surface area contributed by atoms with Crippen LogP contribution in [0.1, 0.15) is 61.4 Å². The van der Waals surface area contributed by atoms with Gasteiger partial charge in [0.15, 0.2) is 0 Å². The minimum atomic E-state index is -5.03. The third-order valence-corrected chi connectivity index (χ3v) is 6.84. The Balaban J connectivity index is 1.79. The Morgan fingerprint density at radius 3 is 2.10 bits per heavy atom. The Kier molecular flexibility index (Phi) is 7.77. The van der Waals surface area contributed by atoms with Gasteiger partial charge in [-0.15, -0.1) is 0 Å². The van der Waals surface area contributed by atoms with Crippen molar-refractivity contribution >= 4 is 17.9 Å². The fourth-order valence-electron chi connectivity index (χ4n) is 5.03. The van der Waals surface area contributed by atoms with E-state index in [4.69, 9.17) is 9.47 Å². The largest absolute Gasteiger partial charge is 0.453 e. The molecular weight excluding hydrogens is 530 g/mol. The molecule has 1 aliphatic heterocycles. The molecule has 212 valence electrons. The number of fused-ring (bicyclic) bond motifs is 1. The normalized spacial score (nSPS) is 19.5. The fraction of sp³-hybridized carbons (Fsp3) is 0.481. The maximum absolute atomic E-state index is 13.5. The molecule has 0 bridgehead atoms. The second-order valence-electron chi connectivity index (χ2n) is 10.0. The highest BCUT2D eigenvalue weighted by Gasteiger charge is 2.47. The zero-order valence-corrected chi connectivity index (χ0v) is 21.5. The Hall–Kier alpha value is -3.44. The highest BCUT2D eigenvalue weighted by molar-refractivity contribution is 5.90. The number of carbonyl (C=O) groups is 2. The van der Waals surface area contributed by atoms with Gasteiger partial charge < -0.3 is 9.47 Å². The second-order valence-corrected chi connectivity index (χ2v) is 10.0. The molecule has 0 N–H and O–H groups in total. The van der Waals surface area contributed by atoms with Crippen LogP contribution >= 0.6 is 0 Å². The Bertz CT molecular complexity index is 1190. The minimum absolute atomic E-state index is 0.0449. The lowest BCUT2D eigenvalue weighted by Crippen LogP contribution is -2.50. The molecule has 0 aromatic heterocycles. The molecule has 12 heteroatoms. The number of methoxy groups -OCH3 is 1. The summed E-state index contributed by atoms with van der Waals surface area (Å²) in [5.74, 6) is 0.102. The zero-order chi connectivity index (χ0) is 28.7.